The molecule has 0 aliphatic carbocycles. The molecule has 6 nitrogen and oxygen atoms in total. The van der Waals surface area contributed by atoms with Crippen molar-refractivity contribution in [3.63, 3.8) is 0 Å². The molecule has 28 heavy (non-hydrogen) atoms. The normalized spacial score (nSPS) is 15.2. The van der Waals surface area contributed by atoms with E-state index in [9.17, 15) is 23.1 Å². The quantitative estimate of drug-likeness (QED) is 0.592. The van der Waals surface area contributed by atoms with E-state index in [4.69, 9.17) is 23.2 Å². The molecular formula is C16H14Cl2F3IN4O2. The van der Waals surface area contributed by atoms with Crippen LogP contribution in [0.5, 0.6) is 5.75 Å². The highest BCUT2D eigenvalue weighted by molar-refractivity contribution is 14.1. The van der Waals surface area contributed by atoms with Gasteiger partial charge < -0.3 is 14.9 Å². The number of carbonyl (C=O) groups excluding carboxylic acids is 1. The lowest BCUT2D eigenvalue weighted by atomic mass is 10.2. The summed E-state index contributed by atoms with van der Waals surface area (Å²) in [6.07, 6.45) is -4.68. The van der Waals surface area contributed by atoms with Crippen molar-refractivity contribution in [3.8, 4) is 5.75 Å². The number of aromatic hydroxyl groups is 1. The topological polar surface area (TPSA) is 61.6 Å². The van der Waals surface area contributed by atoms with Gasteiger partial charge in [0.25, 0.3) is 0 Å². The van der Waals surface area contributed by atoms with Gasteiger partial charge >= 0.3 is 6.18 Å². The van der Waals surface area contributed by atoms with Crippen molar-refractivity contribution in [2.45, 2.75) is 12.7 Å². The Bertz CT molecular complexity index is 899. The second-order valence-electron chi connectivity index (χ2n) is 6.11. The van der Waals surface area contributed by atoms with Crippen molar-refractivity contribution < 1.29 is 23.1 Å². The molecule has 1 saturated heterocycles. The van der Waals surface area contributed by atoms with Crippen LogP contribution in [0.4, 0.5) is 18.9 Å². The Morgan fingerprint density at radius 1 is 1.21 bits per heavy atom. The first-order valence-corrected chi connectivity index (χ1v) is 9.91. The summed E-state index contributed by atoms with van der Waals surface area (Å²) in [5.74, 6) is -0.368. The number of phenolic OH excluding ortho intramolecular Hbond substituents is 1. The number of amides is 1. The Balaban J connectivity index is 1.64. The number of hydrogen-bond donors (Lipinski definition) is 1. The lowest BCUT2D eigenvalue weighted by molar-refractivity contribution is -0.142. The van der Waals surface area contributed by atoms with Gasteiger partial charge in [0.2, 0.25) is 5.91 Å². The van der Waals surface area contributed by atoms with Gasteiger partial charge in [0, 0.05) is 37.9 Å². The minimum absolute atomic E-state index is 0.0247. The first-order chi connectivity index (χ1) is 13.1. The summed E-state index contributed by atoms with van der Waals surface area (Å²) in [7, 11) is 0. The molecule has 0 bridgehead atoms. The number of alkyl halides is 3. The van der Waals surface area contributed by atoms with E-state index in [-0.39, 0.29) is 26.9 Å². The molecule has 2 aromatic rings. The zero-order valence-corrected chi connectivity index (χ0v) is 17.8. The van der Waals surface area contributed by atoms with E-state index >= 15 is 0 Å². The number of carbonyl (C=O) groups is 1. The minimum atomic E-state index is -4.68. The van der Waals surface area contributed by atoms with Crippen LogP contribution in [-0.4, -0.2) is 51.9 Å². The highest BCUT2D eigenvalue weighted by Crippen LogP contribution is 2.36. The monoisotopic (exact) mass is 548 g/mol. The van der Waals surface area contributed by atoms with Crippen molar-refractivity contribution in [3.05, 3.63) is 37.6 Å². The first kappa shape index (κ1) is 21.3. The summed E-state index contributed by atoms with van der Waals surface area (Å²) in [5.41, 5.74) is -0.420. The zero-order chi connectivity index (χ0) is 20.6. The van der Waals surface area contributed by atoms with Crippen LogP contribution in [0, 0.1) is 3.70 Å². The molecule has 1 N–H and O–H groups in total. The molecule has 1 aliphatic heterocycles. The molecule has 1 amide bonds. The molecule has 0 atom stereocenters. The Hall–Kier alpha value is -1.40. The number of rotatable bonds is 3. The number of anilines is 1. The fourth-order valence-electron chi connectivity index (χ4n) is 2.85. The van der Waals surface area contributed by atoms with E-state index in [0.717, 1.165) is 10.4 Å². The number of aromatic nitrogens is 2. The Labute approximate surface area is 181 Å². The van der Waals surface area contributed by atoms with Gasteiger partial charge in [-0.2, -0.15) is 18.3 Å². The van der Waals surface area contributed by atoms with Gasteiger partial charge in [0.15, 0.2) is 5.69 Å². The highest BCUT2D eigenvalue weighted by atomic mass is 127. The van der Waals surface area contributed by atoms with Gasteiger partial charge in [-0.3, -0.25) is 4.79 Å². The average Bonchev–Trinajstić information content (AvgIpc) is 2.92. The molecule has 2 heterocycles. The van der Waals surface area contributed by atoms with E-state index < -0.39 is 16.9 Å². The molecule has 12 heteroatoms. The lowest BCUT2D eigenvalue weighted by Crippen LogP contribution is -2.49. The maximum Gasteiger partial charge on any atom is 0.436 e. The summed E-state index contributed by atoms with van der Waals surface area (Å²) in [4.78, 5) is 16.0. The van der Waals surface area contributed by atoms with Crippen LogP contribution < -0.4 is 4.90 Å². The maximum absolute atomic E-state index is 12.9. The molecule has 0 radical (unpaired) electrons. The van der Waals surface area contributed by atoms with E-state index in [1.165, 1.54) is 0 Å². The lowest BCUT2D eigenvalue weighted by Gasteiger charge is -2.36. The van der Waals surface area contributed by atoms with E-state index in [1.807, 2.05) is 4.90 Å². The highest BCUT2D eigenvalue weighted by Gasteiger charge is 2.39. The van der Waals surface area contributed by atoms with Crippen molar-refractivity contribution in [1.82, 2.24) is 14.7 Å². The molecule has 0 spiro atoms. The van der Waals surface area contributed by atoms with E-state index in [1.54, 1.807) is 45.7 Å². The summed E-state index contributed by atoms with van der Waals surface area (Å²) < 4.78 is 39.7. The van der Waals surface area contributed by atoms with Crippen molar-refractivity contribution in [1.29, 1.82) is 0 Å². The predicted octanol–water partition coefficient (Wildman–Crippen LogP) is 3.87. The first-order valence-electron chi connectivity index (χ1n) is 8.08. The molecule has 0 unspecified atom stereocenters. The number of piperazine rings is 1. The standard InChI is InChI=1S/C16H14Cl2F3IN4O2/c17-10-2-1-9(7-11(10)27)24-3-5-25(6-4-24)12(28)8-26-15(22)13(18)14(23-26)16(19,20)21/h1-2,7,27H,3-6,8H2. The van der Waals surface area contributed by atoms with Crippen LogP contribution in [0.15, 0.2) is 18.2 Å². The van der Waals surface area contributed by atoms with E-state index in [0.29, 0.717) is 26.2 Å². The molecule has 1 aromatic carbocycles. The second kappa shape index (κ2) is 8.15. The van der Waals surface area contributed by atoms with Gasteiger partial charge in [-0.15, -0.1) is 0 Å². The number of nitrogens with zero attached hydrogens (tertiary/aromatic N) is 4. The average molecular weight is 549 g/mol. The molecule has 3 rings (SSSR count). The minimum Gasteiger partial charge on any atom is -0.506 e. The number of halogens is 6. The number of benzene rings is 1. The number of hydrogen-bond acceptors (Lipinski definition) is 4. The Morgan fingerprint density at radius 2 is 1.86 bits per heavy atom. The largest absolute Gasteiger partial charge is 0.506 e. The zero-order valence-electron chi connectivity index (χ0n) is 14.2. The van der Waals surface area contributed by atoms with Crippen LogP contribution in [0.3, 0.4) is 0 Å². The summed E-state index contributed by atoms with van der Waals surface area (Å²) in [6.45, 7) is 1.48. The Morgan fingerprint density at radius 3 is 2.39 bits per heavy atom. The summed E-state index contributed by atoms with van der Waals surface area (Å²) >= 11 is 13.2. The van der Waals surface area contributed by atoms with Gasteiger partial charge in [-0.05, 0) is 34.7 Å². The van der Waals surface area contributed by atoms with Gasteiger partial charge in [-0.1, -0.05) is 23.2 Å². The molecule has 152 valence electrons. The van der Waals surface area contributed by atoms with Gasteiger partial charge in [0.05, 0.1) is 5.02 Å². The third-order valence-corrected chi connectivity index (χ3v) is 6.41. The summed E-state index contributed by atoms with van der Waals surface area (Å²) in [6, 6.07) is 4.91. The Kier molecular flexibility index (Phi) is 6.20. The third kappa shape index (κ3) is 4.43. The van der Waals surface area contributed by atoms with Gasteiger partial charge in [-0.25, -0.2) is 4.68 Å². The molecular weight excluding hydrogens is 535 g/mol. The second-order valence-corrected chi connectivity index (χ2v) is 7.92. The van der Waals surface area contributed by atoms with Crippen LogP contribution in [-0.2, 0) is 17.5 Å². The number of phenols is 1. The molecule has 1 fully saturated rings. The van der Waals surface area contributed by atoms with Gasteiger partial charge in [0.1, 0.15) is 21.0 Å². The molecule has 1 aliphatic rings. The smallest absolute Gasteiger partial charge is 0.436 e. The third-order valence-electron chi connectivity index (χ3n) is 4.32. The van der Waals surface area contributed by atoms with Crippen molar-refractivity contribution in [2.75, 3.05) is 31.1 Å². The van der Waals surface area contributed by atoms with Crippen LogP contribution >= 0.6 is 45.8 Å². The van der Waals surface area contributed by atoms with Crippen LogP contribution in [0.1, 0.15) is 5.69 Å². The van der Waals surface area contributed by atoms with Crippen LogP contribution in [0.2, 0.25) is 10.0 Å². The van der Waals surface area contributed by atoms with E-state index in [2.05, 4.69) is 5.10 Å². The SMILES string of the molecule is O=C(Cn1nc(C(F)(F)F)c(Cl)c1I)N1CCN(c2ccc(Cl)c(O)c2)CC1. The van der Waals surface area contributed by atoms with Crippen molar-refractivity contribution >= 4 is 57.4 Å². The van der Waals surface area contributed by atoms with Crippen LogP contribution in [0.25, 0.3) is 0 Å². The fourth-order valence-corrected chi connectivity index (χ4v) is 3.74. The predicted molar refractivity (Wildman–Crippen MR) is 107 cm³/mol. The van der Waals surface area contributed by atoms with Crippen molar-refractivity contribution in [2.24, 2.45) is 0 Å². The maximum atomic E-state index is 12.9. The molecule has 0 saturated carbocycles. The summed E-state index contributed by atoms with van der Waals surface area (Å²) in [5, 5.41) is 12.9. The fraction of sp³-hybridized carbons (Fsp3) is 0.375. The molecule has 1 aromatic heterocycles.